The van der Waals surface area contributed by atoms with E-state index in [0.29, 0.717) is 26.8 Å². The molecule has 0 spiro atoms. The minimum atomic E-state index is -0.236. The minimum Gasteiger partial charge on any atom is -0.324 e. The van der Waals surface area contributed by atoms with Crippen molar-refractivity contribution in [3.05, 3.63) is 62.3 Å². The van der Waals surface area contributed by atoms with Crippen molar-refractivity contribution >= 4 is 61.8 Å². The molecule has 0 radical (unpaired) electrons. The van der Waals surface area contributed by atoms with Crippen LogP contribution in [0.15, 0.2) is 56.9 Å². The maximum absolute atomic E-state index is 12.0. The lowest BCUT2D eigenvalue weighted by atomic mass is 10.2. The predicted molar refractivity (Wildman–Crippen MR) is 101 cm³/mol. The molecule has 24 heavy (non-hydrogen) atoms. The summed E-state index contributed by atoms with van der Waals surface area (Å²) in [5.74, 6) is -0.131. The van der Waals surface area contributed by atoms with Crippen molar-refractivity contribution in [3.63, 3.8) is 0 Å². The molecular formula is C16H11BrClN3O2S. The highest BCUT2D eigenvalue weighted by molar-refractivity contribution is 9.10. The number of rotatable bonds is 4. The fraction of sp³-hybridized carbons (Fsp3) is 0.0625. The van der Waals surface area contributed by atoms with E-state index in [1.54, 1.807) is 36.4 Å². The molecule has 1 amide bonds. The number of halogens is 2. The zero-order valence-electron chi connectivity index (χ0n) is 12.2. The zero-order chi connectivity index (χ0) is 17.1. The van der Waals surface area contributed by atoms with Crippen molar-refractivity contribution in [1.29, 1.82) is 0 Å². The van der Waals surface area contributed by atoms with Crippen molar-refractivity contribution in [1.82, 2.24) is 9.97 Å². The first-order chi connectivity index (χ1) is 11.5. The first kappa shape index (κ1) is 17.0. The van der Waals surface area contributed by atoms with Gasteiger partial charge in [-0.1, -0.05) is 51.4 Å². The van der Waals surface area contributed by atoms with E-state index in [2.05, 4.69) is 31.2 Å². The van der Waals surface area contributed by atoms with Gasteiger partial charge in [-0.05, 0) is 30.3 Å². The average Bonchev–Trinajstić information content (AvgIpc) is 2.56. The highest BCUT2D eigenvalue weighted by atomic mass is 79.9. The smallest absolute Gasteiger partial charge is 0.259 e. The van der Waals surface area contributed by atoms with Gasteiger partial charge in [0, 0.05) is 4.47 Å². The van der Waals surface area contributed by atoms with Gasteiger partial charge in [0.15, 0.2) is 5.16 Å². The van der Waals surface area contributed by atoms with E-state index >= 15 is 0 Å². The summed E-state index contributed by atoms with van der Waals surface area (Å²) in [6.45, 7) is 0. The Labute approximate surface area is 155 Å². The Balaban J connectivity index is 1.69. The van der Waals surface area contributed by atoms with Gasteiger partial charge in [0.25, 0.3) is 5.56 Å². The molecule has 5 nitrogen and oxygen atoms in total. The summed E-state index contributed by atoms with van der Waals surface area (Å²) < 4.78 is 0.831. The molecule has 1 aromatic heterocycles. The summed E-state index contributed by atoms with van der Waals surface area (Å²) in [5.41, 5.74) is 0.907. The average molecular weight is 425 g/mol. The van der Waals surface area contributed by atoms with Crippen LogP contribution in [0.25, 0.3) is 10.9 Å². The molecule has 0 saturated heterocycles. The Morgan fingerprint density at radius 1 is 1.29 bits per heavy atom. The van der Waals surface area contributed by atoms with Crippen molar-refractivity contribution < 1.29 is 4.79 Å². The van der Waals surface area contributed by atoms with Gasteiger partial charge in [0.2, 0.25) is 5.91 Å². The molecule has 2 aromatic carbocycles. The van der Waals surface area contributed by atoms with E-state index in [1.165, 1.54) is 0 Å². The van der Waals surface area contributed by atoms with Crippen LogP contribution in [-0.4, -0.2) is 21.6 Å². The number of H-pyrrole nitrogens is 1. The molecule has 3 aromatic rings. The number of benzene rings is 2. The molecule has 122 valence electrons. The van der Waals surface area contributed by atoms with Crippen molar-refractivity contribution in [2.45, 2.75) is 5.16 Å². The summed E-state index contributed by atoms with van der Waals surface area (Å²) in [6.07, 6.45) is 0. The largest absolute Gasteiger partial charge is 0.324 e. The molecule has 0 atom stereocenters. The van der Waals surface area contributed by atoms with Gasteiger partial charge in [0.1, 0.15) is 0 Å². The fourth-order valence-corrected chi connectivity index (χ4v) is 3.43. The second-order valence-corrected chi connectivity index (χ2v) is 7.14. The summed E-state index contributed by atoms with van der Waals surface area (Å²) in [4.78, 5) is 31.0. The minimum absolute atomic E-state index is 0.105. The number of nitrogens with one attached hydrogen (secondary N) is 2. The van der Waals surface area contributed by atoms with Crippen LogP contribution in [-0.2, 0) is 4.79 Å². The lowest BCUT2D eigenvalue weighted by molar-refractivity contribution is -0.113. The normalized spacial score (nSPS) is 10.8. The van der Waals surface area contributed by atoms with E-state index in [1.807, 2.05) is 6.07 Å². The second-order valence-electron chi connectivity index (χ2n) is 4.85. The third-order valence-corrected chi connectivity index (χ3v) is 4.82. The van der Waals surface area contributed by atoms with Gasteiger partial charge in [-0.3, -0.25) is 9.59 Å². The molecule has 2 N–H and O–H groups in total. The molecule has 0 aliphatic heterocycles. The number of hydrogen-bond acceptors (Lipinski definition) is 4. The summed E-state index contributed by atoms with van der Waals surface area (Å²) >= 11 is 10.5. The number of thioether (sulfide) groups is 1. The zero-order valence-corrected chi connectivity index (χ0v) is 15.3. The van der Waals surface area contributed by atoms with Crippen LogP contribution >= 0.6 is 39.3 Å². The van der Waals surface area contributed by atoms with Crippen molar-refractivity contribution in [3.8, 4) is 0 Å². The second kappa shape index (κ2) is 7.38. The van der Waals surface area contributed by atoms with Gasteiger partial charge in [-0.25, -0.2) is 4.98 Å². The van der Waals surface area contributed by atoms with Gasteiger partial charge < -0.3 is 10.3 Å². The monoisotopic (exact) mass is 423 g/mol. The molecule has 0 aliphatic rings. The number of para-hydroxylation sites is 1. The molecule has 0 saturated carbocycles. The van der Waals surface area contributed by atoms with Gasteiger partial charge in [-0.15, -0.1) is 0 Å². The predicted octanol–water partition coefficient (Wildman–Crippen LogP) is 4.07. The van der Waals surface area contributed by atoms with E-state index in [-0.39, 0.29) is 17.2 Å². The highest BCUT2D eigenvalue weighted by Crippen LogP contribution is 2.26. The van der Waals surface area contributed by atoms with Crippen LogP contribution in [0.2, 0.25) is 5.02 Å². The van der Waals surface area contributed by atoms with Crippen LogP contribution < -0.4 is 10.9 Å². The highest BCUT2D eigenvalue weighted by Gasteiger charge is 2.09. The van der Waals surface area contributed by atoms with Crippen molar-refractivity contribution in [2.75, 3.05) is 11.1 Å². The Hall–Kier alpha value is -1.83. The number of amides is 1. The summed E-state index contributed by atoms with van der Waals surface area (Å²) in [7, 11) is 0. The molecule has 8 heteroatoms. The molecular weight excluding hydrogens is 414 g/mol. The molecule has 0 fully saturated rings. The standard InChI is InChI=1S/C16H11BrClN3O2S/c17-9-5-6-13(11(18)7-9)19-14(22)8-24-16-20-12-4-2-1-3-10(12)15(23)21-16/h1-7H,8H2,(H,19,22)(H,20,21,23). The Kier molecular flexibility index (Phi) is 5.23. The fourth-order valence-electron chi connectivity index (χ4n) is 2.04. The van der Waals surface area contributed by atoms with E-state index in [4.69, 9.17) is 11.6 Å². The summed E-state index contributed by atoms with van der Waals surface area (Å²) in [5, 5.41) is 4.09. The van der Waals surface area contributed by atoms with Gasteiger partial charge >= 0.3 is 0 Å². The number of aromatic amines is 1. The van der Waals surface area contributed by atoms with Crippen LogP contribution in [0.3, 0.4) is 0 Å². The number of nitrogens with zero attached hydrogens (tertiary/aromatic N) is 1. The first-order valence-corrected chi connectivity index (χ1v) is 9.05. The number of carbonyl (C=O) groups excluding carboxylic acids is 1. The number of hydrogen-bond donors (Lipinski definition) is 2. The van der Waals surface area contributed by atoms with Crippen LogP contribution in [0.5, 0.6) is 0 Å². The number of fused-ring (bicyclic) bond motifs is 1. The number of aromatic nitrogens is 2. The van der Waals surface area contributed by atoms with Crippen LogP contribution in [0.4, 0.5) is 5.69 Å². The number of anilines is 1. The van der Waals surface area contributed by atoms with Crippen LogP contribution in [0.1, 0.15) is 0 Å². The lowest BCUT2D eigenvalue weighted by Gasteiger charge is -2.07. The van der Waals surface area contributed by atoms with Gasteiger partial charge in [0.05, 0.1) is 27.4 Å². The molecule has 3 rings (SSSR count). The van der Waals surface area contributed by atoms with Gasteiger partial charge in [-0.2, -0.15) is 0 Å². The maximum atomic E-state index is 12.0. The summed E-state index contributed by atoms with van der Waals surface area (Å²) in [6, 6.07) is 12.3. The van der Waals surface area contributed by atoms with Crippen molar-refractivity contribution in [2.24, 2.45) is 0 Å². The molecule has 0 unspecified atom stereocenters. The van der Waals surface area contributed by atoms with Crippen LogP contribution in [0, 0.1) is 0 Å². The van der Waals surface area contributed by atoms with E-state index in [0.717, 1.165) is 16.2 Å². The molecule has 0 bridgehead atoms. The lowest BCUT2D eigenvalue weighted by Crippen LogP contribution is -2.15. The Morgan fingerprint density at radius 2 is 2.08 bits per heavy atom. The third kappa shape index (κ3) is 3.98. The SMILES string of the molecule is O=C(CSc1nc2ccccc2c(=O)[nH]1)Nc1ccc(Br)cc1Cl. The Bertz CT molecular complexity index is 977. The topological polar surface area (TPSA) is 74.8 Å². The number of carbonyl (C=O) groups is 1. The molecule has 0 aliphatic carbocycles. The molecule has 1 heterocycles. The first-order valence-electron chi connectivity index (χ1n) is 6.90. The van der Waals surface area contributed by atoms with E-state index < -0.39 is 0 Å². The quantitative estimate of drug-likeness (QED) is 0.489. The maximum Gasteiger partial charge on any atom is 0.259 e. The Morgan fingerprint density at radius 3 is 2.88 bits per heavy atom. The third-order valence-electron chi connectivity index (χ3n) is 3.14. The van der Waals surface area contributed by atoms with E-state index in [9.17, 15) is 9.59 Å².